The molecule has 10 heteroatoms. The van der Waals surface area contributed by atoms with Gasteiger partial charge in [0.05, 0.1) is 17.2 Å². The predicted molar refractivity (Wildman–Crippen MR) is 120 cm³/mol. The Morgan fingerprint density at radius 1 is 0.970 bits per heavy atom. The van der Waals surface area contributed by atoms with Crippen LogP contribution in [0.4, 0.5) is 20.2 Å². The Labute approximate surface area is 190 Å². The van der Waals surface area contributed by atoms with Crippen LogP contribution in [0.2, 0.25) is 0 Å². The average molecular weight is 477 g/mol. The Morgan fingerprint density at radius 2 is 1.70 bits per heavy atom. The first-order valence-electron chi connectivity index (χ1n) is 9.92. The minimum atomic E-state index is -3.86. The number of hydrogen-bond donors (Lipinski definition) is 2. The quantitative estimate of drug-likeness (QED) is 0.475. The van der Waals surface area contributed by atoms with Gasteiger partial charge in [0.2, 0.25) is 0 Å². The maximum atomic E-state index is 13.6. The molecule has 0 saturated heterocycles. The summed E-state index contributed by atoms with van der Waals surface area (Å²) in [5.41, 5.74) is 0.536. The molecule has 0 radical (unpaired) electrons. The Bertz CT molecular complexity index is 1250. The number of aryl methyl sites for hydroxylation is 1. The zero-order valence-corrected chi connectivity index (χ0v) is 18.7. The van der Waals surface area contributed by atoms with E-state index in [9.17, 15) is 22.0 Å². The van der Waals surface area contributed by atoms with Gasteiger partial charge in [0, 0.05) is 11.8 Å². The Morgan fingerprint density at radius 3 is 2.36 bits per heavy atom. The molecule has 0 fully saturated rings. The van der Waals surface area contributed by atoms with Crippen LogP contribution >= 0.6 is 0 Å². The number of benzene rings is 3. The molecule has 0 bridgehead atoms. The van der Waals surface area contributed by atoms with Crippen molar-refractivity contribution in [2.24, 2.45) is 0 Å². The van der Waals surface area contributed by atoms with Gasteiger partial charge in [-0.15, -0.1) is 0 Å². The van der Waals surface area contributed by atoms with E-state index in [4.69, 9.17) is 9.47 Å². The van der Waals surface area contributed by atoms with Gasteiger partial charge in [-0.1, -0.05) is 0 Å². The number of ether oxygens (including phenoxy) is 2. The third kappa shape index (κ3) is 6.42. The monoisotopic (exact) mass is 476 g/mol. The summed E-state index contributed by atoms with van der Waals surface area (Å²) in [6.07, 6.45) is 0. The summed E-state index contributed by atoms with van der Waals surface area (Å²) < 4.78 is 65.5. The van der Waals surface area contributed by atoms with Crippen molar-refractivity contribution in [1.82, 2.24) is 0 Å². The summed E-state index contributed by atoms with van der Waals surface area (Å²) >= 11 is 0. The average Bonchev–Trinajstić information content (AvgIpc) is 2.77. The lowest BCUT2D eigenvalue weighted by Gasteiger charge is -2.13. The van der Waals surface area contributed by atoms with Crippen molar-refractivity contribution in [2.75, 3.05) is 23.3 Å². The minimum Gasteiger partial charge on any atom is -0.494 e. The summed E-state index contributed by atoms with van der Waals surface area (Å²) in [6.45, 7) is 3.49. The zero-order valence-electron chi connectivity index (χ0n) is 17.9. The van der Waals surface area contributed by atoms with E-state index in [2.05, 4.69) is 10.0 Å². The Balaban J connectivity index is 1.63. The molecule has 174 valence electrons. The standard InChI is InChI=1S/C23H22F2N2O5S/c1-3-31-18-7-5-17(6-8-18)27-33(29,30)19-9-11-22(15(2)12-19)32-14-23(28)26-21-13-16(24)4-10-20(21)25/h4-13,27H,3,14H2,1-2H3,(H,26,28). The number of carbonyl (C=O) groups excluding carboxylic acids is 1. The topological polar surface area (TPSA) is 93.7 Å². The van der Waals surface area contributed by atoms with Gasteiger partial charge in [0.25, 0.3) is 15.9 Å². The summed E-state index contributed by atoms with van der Waals surface area (Å²) in [7, 11) is -3.86. The lowest BCUT2D eigenvalue weighted by molar-refractivity contribution is -0.118. The van der Waals surface area contributed by atoms with Crippen LogP contribution in [-0.4, -0.2) is 27.5 Å². The van der Waals surface area contributed by atoms with Crippen LogP contribution in [0, 0.1) is 18.6 Å². The molecule has 0 atom stereocenters. The molecule has 0 aliphatic rings. The van der Waals surface area contributed by atoms with Crippen LogP contribution < -0.4 is 19.5 Å². The van der Waals surface area contributed by atoms with Crippen molar-refractivity contribution in [2.45, 2.75) is 18.7 Å². The summed E-state index contributed by atoms with van der Waals surface area (Å²) in [4.78, 5) is 12.0. The van der Waals surface area contributed by atoms with Gasteiger partial charge in [0.15, 0.2) is 6.61 Å². The number of sulfonamides is 1. The Hall–Kier alpha value is -3.66. The van der Waals surface area contributed by atoms with Gasteiger partial charge in [-0.2, -0.15) is 0 Å². The molecule has 0 unspecified atom stereocenters. The number of amides is 1. The van der Waals surface area contributed by atoms with E-state index >= 15 is 0 Å². The number of hydrogen-bond acceptors (Lipinski definition) is 5. The largest absolute Gasteiger partial charge is 0.494 e. The number of rotatable bonds is 9. The van der Waals surface area contributed by atoms with Gasteiger partial charge < -0.3 is 14.8 Å². The second kappa shape index (κ2) is 10.3. The first-order chi connectivity index (χ1) is 15.7. The number of anilines is 2. The van der Waals surface area contributed by atoms with E-state index in [-0.39, 0.29) is 16.3 Å². The van der Waals surface area contributed by atoms with E-state index in [0.717, 1.165) is 18.2 Å². The highest BCUT2D eigenvalue weighted by Gasteiger charge is 2.17. The lowest BCUT2D eigenvalue weighted by atomic mass is 10.2. The molecule has 0 aliphatic carbocycles. The van der Waals surface area contributed by atoms with Crippen molar-refractivity contribution in [3.05, 3.63) is 77.9 Å². The number of halogens is 2. The fourth-order valence-electron chi connectivity index (χ4n) is 2.87. The molecule has 3 rings (SSSR count). The van der Waals surface area contributed by atoms with Gasteiger partial charge >= 0.3 is 0 Å². The van der Waals surface area contributed by atoms with E-state index in [1.165, 1.54) is 18.2 Å². The molecule has 0 aliphatic heterocycles. The van der Waals surface area contributed by atoms with E-state index in [0.29, 0.717) is 23.6 Å². The smallest absolute Gasteiger partial charge is 0.262 e. The third-order valence-corrected chi connectivity index (χ3v) is 5.81. The fourth-order valence-corrected chi connectivity index (χ4v) is 4.02. The molecular formula is C23H22F2N2O5S. The molecule has 0 spiro atoms. The summed E-state index contributed by atoms with van der Waals surface area (Å²) in [6, 6.07) is 13.3. The van der Waals surface area contributed by atoms with E-state index in [1.807, 2.05) is 6.92 Å². The normalized spacial score (nSPS) is 11.0. The molecule has 1 amide bonds. The van der Waals surface area contributed by atoms with Gasteiger partial charge in [-0.05, 0) is 74.0 Å². The van der Waals surface area contributed by atoms with Crippen molar-refractivity contribution in [1.29, 1.82) is 0 Å². The van der Waals surface area contributed by atoms with Gasteiger partial charge in [0.1, 0.15) is 23.1 Å². The maximum Gasteiger partial charge on any atom is 0.262 e. The van der Waals surface area contributed by atoms with Gasteiger partial charge in [-0.25, -0.2) is 17.2 Å². The van der Waals surface area contributed by atoms with Crippen molar-refractivity contribution >= 4 is 27.3 Å². The molecule has 0 aromatic heterocycles. The van der Waals surface area contributed by atoms with E-state index < -0.39 is 34.2 Å². The molecule has 0 heterocycles. The van der Waals surface area contributed by atoms with Gasteiger partial charge in [-0.3, -0.25) is 9.52 Å². The molecule has 33 heavy (non-hydrogen) atoms. The number of carbonyl (C=O) groups is 1. The first kappa shape index (κ1) is 24.0. The van der Waals surface area contributed by atoms with Crippen LogP contribution in [0.25, 0.3) is 0 Å². The fraction of sp³-hybridized carbons (Fsp3) is 0.174. The van der Waals surface area contributed by atoms with Crippen molar-refractivity contribution in [3.8, 4) is 11.5 Å². The summed E-state index contributed by atoms with van der Waals surface area (Å²) in [5.74, 6) is -1.28. The van der Waals surface area contributed by atoms with Crippen LogP contribution in [0.1, 0.15) is 12.5 Å². The van der Waals surface area contributed by atoms with Crippen LogP contribution in [-0.2, 0) is 14.8 Å². The highest BCUT2D eigenvalue weighted by atomic mass is 32.2. The van der Waals surface area contributed by atoms with Crippen molar-refractivity contribution < 1.29 is 31.5 Å². The predicted octanol–water partition coefficient (Wildman–Crippen LogP) is 4.49. The maximum absolute atomic E-state index is 13.6. The molecule has 3 aromatic carbocycles. The zero-order chi connectivity index (χ0) is 24.0. The van der Waals surface area contributed by atoms with Crippen molar-refractivity contribution in [3.63, 3.8) is 0 Å². The SMILES string of the molecule is CCOc1ccc(NS(=O)(=O)c2ccc(OCC(=O)Nc3cc(F)ccc3F)c(C)c2)cc1. The highest BCUT2D eigenvalue weighted by Crippen LogP contribution is 2.25. The van der Waals surface area contributed by atoms with Crippen LogP contribution in [0.15, 0.2) is 65.6 Å². The van der Waals surface area contributed by atoms with Crippen LogP contribution in [0.5, 0.6) is 11.5 Å². The minimum absolute atomic E-state index is 0.00696. The summed E-state index contributed by atoms with van der Waals surface area (Å²) in [5, 5.41) is 2.22. The van der Waals surface area contributed by atoms with E-state index in [1.54, 1.807) is 31.2 Å². The highest BCUT2D eigenvalue weighted by molar-refractivity contribution is 7.92. The molecular weight excluding hydrogens is 454 g/mol. The molecule has 2 N–H and O–H groups in total. The molecule has 7 nitrogen and oxygen atoms in total. The Kier molecular flexibility index (Phi) is 7.49. The first-order valence-corrected chi connectivity index (χ1v) is 11.4. The molecule has 3 aromatic rings. The third-order valence-electron chi connectivity index (χ3n) is 4.44. The number of nitrogens with one attached hydrogen (secondary N) is 2. The lowest BCUT2D eigenvalue weighted by Crippen LogP contribution is -2.21. The van der Waals surface area contributed by atoms with Crippen LogP contribution in [0.3, 0.4) is 0 Å². The second-order valence-electron chi connectivity index (χ2n) is 6.95. The molecule has 0 saturated carbocycles. The second-order valence-corrected chi connectivity index (χ2v) is 8.63.